The Balaban J connectivity index is 1.75. The zero-order valence-electron chi connectivity index (χ0n) is 18.3. The van der Waals surface area contributed by atoms with Gasteiger partial charge in [0.05, 0.1) is 5.56 Å². The monoisotopic (exact) mass is 448 g/mol. The van der Waals surface area contributed by atoms with E-state index < -0.39 is 17.8 Å². The molecule has 1 atom stereocenters. The van der Waals surface area contributed by atoms with E-state index in [1.165, 1.54) is 35.2 Å². The highest BCUT2D eigenvalue weighted by Gasteiger charge is 2.35. The van der Waals surface area contributed by atoms with Gasteiger partial charge in [0, 0.05) is 26.1 Å². The van der Waals surface area contributed by atoms with Gasteiger partial charge in [0.1, 0.15) is 17.7 Å². The molecule has 170 valence electrons. The zero-order valence-corrected chi connectivity index (χ0v) is 18.3. The van der Waals surface area contributed by atoms with Crippen LogP contribution >= 0.6 is 0 Å². The molecule has 3 aromatic rings. The second-order valence-corrected chi connectivity index (χ2v) is 8.28. The Morgan fingerprint density at radius 2 is 1.45 bits per heavy atom. The summed E-state index contributed by atoms with van der Waals surface area (Å²) in [6.45, 7) is 1.34. The molecular formula is C27H26F2N2O2. The maximum absolute atomic E-state index is 14.6. The van der Waals surface area contributed by atoms with E-state index in [0.29, 0.717) is 25.1 Å². The van der Waals surface area contributed by atoms with Gasteiger partial charge in [0.2, 0.25) is 5.91 Å². The van der Waals surface area contributed by atoms with Crippen LogP contribution in [0.2, 0.25) is 0 Å². The molecule has 0 aliphatic carbocycles. The normalized spacial score (nSPS) is 14.2. The molecule has 1 aliphatic heterocycles. The third-order valence-corrected chi connectivity index (χ3v) is 5.98. The molecule has 3 aromatic carbocycles. The highest BCUT2D eigenvalue weighted by Crippen LogP contribution is 2.22. The van der Waals surface area contributed by atoms with Gasteiger partial charge in [-0.1, -0.05) is 54.6 Å². The highest BCUT2D eigenvalue weighted by molar-refractivity contribution is 5.98. The summed E-state index contributed by atoms with van der Waals surface area (Å²) in [6.07, 6.45) is 2.14. The number of carbonyl (C=O) groups is 2. The number of hydrogen-bond acceptors (Lipinski definition) is 2. The Kier molecular flexibility index (Phi) is 7.13. The van der Waals surface area contributed by atoms with Crippen LogP contribution in [0.25, 0.3) is 0 Å². The molecule has 6 heteroatoms. The lowest BCUT2D eigenvalue weighted by Crippen LogP contribution is -2.51. The van der Waals surface area contributed by atoms with Crippen LogP contribution in [0.15, 0.2) is 78.9 Å². The van der Waals surface area contributed by atoms with Crippen molar-refractivity contribution in [1.82, 2.24) is 9.80 Å². The summed E-state index contributed by atoms with van der Waals surface area (Å²) >= 11 is 0. The van der Waals surface area contributed by atoms with Gasteiger partial charge in [-0.25, -0.2) is 8.78 Å². The number of rotatable bonds is 7. The molecule has 0 radical (unpaired) electrons. The van der Waals surface area contributed by atoms with Crippen LogP contribution in [0, 0.1) is 11.6 Å². The van der Waals surface area contributed by atoms with Gasteiger partial charge in [-0.15, -0.1) is 0 Å². The standard InChI is InChI=1S/C27H26F2N2O2/c28-22-14-12-21(13-15-22)19-31(26(32)23-10-4-5-11-24(23)29)25(18-20-8-2-1-3-9-20)27(33)30-16-6-7-17-30/h1-5,8-15,25H,6-7,16-19H2. The number of hydrogen-bond donors (Lipinski definition) is 0. The van der Waals surface area contributed by atoms with Gasteiger partial charge in [0.15, 0.2) is 0 Å². The summed E-state index contributed by atoms with van der Waals surface area (Å²) in [6, 6.07) is 20.2. The summed E-state index contributed by atoms with van der Waals surface area (Å²) in [5.41, 5.74) is 1.47. The van der Waals surface area contributed by atoms with Crippen LogP contribution in [-0.4, -0.2) is 40.7 Å². The molecule has 1 fully saturated rings. The smallest absolute Gasteiger partial charge is 0.257 e. The van der Waals surface area contributed by atoms with Gasteiger partial charge in [0.25, 0.3) is 5.91 Å². The highest BCUT2D eigenvalue weighted by atomic mass is 19.1. The van der Waals surface area contributed by atoms with Crippen molar-refractivity contribution in [2.24, 2.45) is 0 Å². The van der Waals surface area contributed by atoms with Crippen molar-refractivity contribution in [2.45, 2.75) is 31.8 Å². The number of nitrogens with zero attached hydrogens (tertiary/aromatic N) is 2. The summed E-state index contributed by atoms with van der Waals surface area (Å²) in [7, 11) is 0. The first kappa shape index (κ1) is 22.6. The molecule has 2 amide bonds. The predicted molar refractivity (Wildman–Crippen MR) is 122 cm³/mol. The maximum atomic E-state index is 14.6. The SMILES string of the molecule is O=C(C(Cc1ccccc1)N(Cc1ccc(F)cc1)C(=O)c1ccccc1F)N1CCCC1. The van der Waals surface area contributed by atoms with E-state index >= 15 is 0 Å². The van der Waals surface area contributed by atoms with E-state index in [4.69, 9.17) is 0 Å². The number of halogens is 2. The third-order valence-electron chi connectivity index (χ3n) is 5.98. The van der Waals surface area contributed by atoms with Crippen molar-refractivity contribution >= 4 is 11.8 Å². The molecule has 0 saturated carbocycles. The van der Waals surface area contributed by atoms with E-state index in [1.54, 1.807) is 23.1 Å². The first-order valence-electron chi connectivity index (χ1n) is 11.2. The van der Waals surface area contributed by atoms with Crippen LogP contribution in [0.4, 0.5) is 8.78 Å². The Morgan fingerprint density at radius 1 is 0.818 bits per heavy atom. The third kappa shape index (κ3) is 5.45. The molecule has 0 aromatic heterocycles. The van der Waals surface area contributed by atoms with Crippen LogP contribution in [0.3, 0.4) is 0 Å². The number of carbonyl (C=O) groups excluding carboxylic acids is 2. The average molecular weight is 449 g/mol. The molecule has 1 heterocycles. The molecular weight excluding hydrogens is 422 g/mol. The second-order valence-electron chi connectivity index (χ2n) is 8.28. The second kappa shape index (κ2) is 10.4. The molecule has 0 bridgehead atoms. The average Bonchev–Trinajstić information content (AvgIpc) is 3.38. The number of benzene rings is 3. The van der Waals surface area contributed by atoms with Gasteiger partial charge in [-0.2, -0.15) is 0 Å². The lowest BCUT2D eigenvalue weighted by Gasteiger charge is -2.34. The van der Waals surface area contributed by atoms with Gasteiger partial charge < -0.3 is 9.80 Å². The summed E-state index contributed by atoms with van der Waals surface area (Å²) in [5, 5.41) is 0. The minimum atomic E-state index is -0.817. The van der Waals surface area contributed by atoms with Crippen molar-refractivity contribution in [2.75, 3.05) is 13.1 Å². The first-order chi connectivity index (χ1) is 16.0. The summed E-state index contributed by atoms with van der Waals surface area (Å²) < 4.78 is 28.1. The quantitative estimate of drug-likeness (QED) is 0.519. The molecule has 0 spiro atoms. The Morgan fingerprint density at radius 3 is 2.12 bits per heavy atom. The van der Waals surface area contributed by atoms with Crippen molar-refractivity contribution < 1.29 is 18.4 Å². The van der Waals surface area contributed by atoms with Crippen molar-refractivity contribution in [3.63, 3.8) is 0 Å². The van der Waals surface area contributed by atoms with Crippen molar-refractivity contribution in [3.05, 3.63) is 107 Å². The fraction of sp³-hybridized carbons (Fsp3) is 0.259. The van der Waals surface area contributed by atoms with Crippen LogP contribution in [0.5, 0.6) is 0 Å². The fourth-order valence-corrected chi connectivity index (χ4v) is 4.22. The maximum Gasteiger partial charge on any atom is 0.257 e. The van der Waals surface area contributed by atoms with Gasteiger partial charge in [-0.05, 0) is 48.2 Å². The fourth-order valence-electron chi connectivity index (χ4n) is 4.22. The molecule has 4 nitrogen and oxygen atoms in total. The number of amides is 2. The molecule has 0 N–H and O–H groups in total. The minimum absolute atomic E-state index is 0.0600. The summed E-state index contributed by atoms with van der Waals surface area (Å²) in [4.78, 5) is 30.5. The van der Waals surface area contributed by atoms with Crippen molar-refractivity contribution in [1.29, 1.82) is 0 Å². The molecule has 1 saturated heterocycles. The van der Waals surface area contributed by atoms with Gasteiger partial charge in [-0.3, -0.25) is 9.59 Å². The summed E-state index contributed by atoms with van der Waals surface area (Å²) in [5.74, 6) is -1.74. The largest absolute Gasteiger partial charge is 0.341 e. The number of likely N-dealkylation sites (tertiary alicyclic amines) is 1. The topological polar surface area (TPSA) is 40.6 Å². The van der Waals surface area contributed by atoms with Crippen LogP contribution in [0.1, 0.15) is 34.3 Å². The molecule has 1 unspecified atom stereocenters. The molecule has 1 aliphatic rings. The Labute approximate surface area is 192 Å². The first-order valence-corrected chi connectivity index (χ1v) is 11.2. The van der Waals surface area contributed by atoms with E-state index in [-0.39, 0.29) is 23.8 Å². The van der Waals surface area contributed by atoms with E-state index in [0.717, 1.165) is 18.4 Å². The lowest BCUT2D eigenvalue weighted by atomic mass is 10.0. The molecule has 33 heavy (non-hydrogen) atoms. The Bertz CT molecular complexity index is 1100. The minimum Gasteiger partial charge on any atom is -0.341 e. The van der Waals surface area contributed by atoms with E-state index in [2.05, 4.69) is 0 Å². The molecule has 4 rings (SSSR count). The lowest BCUT2D eigenvalue weighted by molar-refractivity contribution is -0.135. The predicted octanol–water partition coefficient (Wildman–Crippen LogP) is 4.84. The van der Waals surface area contributed by atoms with E-state index in [1.807, 2.05) is 30.3 Å². The Hall–Kier alpha value is -3.54. The van der Waals surface area contributed by atoms with Gasteiger partial charge >= 0.3 is 0 Å². The van der Waals surface area contributed by atoms with E-state index in [9.17, 15) is 18.4 Å². The van der Waals surface area contributed by atoms with Crippen LogP contribution in [-0.2, 0) is 17.8 Å². The van der Waals surface area contributed by atoms with Crippen molar-refractivity contribution in [3.8, 4) is 0 Å². The zero-order chi connectivity index (χ0) is 23.2. The van der Waals surface area contributed by atoms with Crippen LogP contribution < -0.4 is 0 Å².